The van der Waals surface area contributed by atoms with Crippen LogP contribution in [-0.2, 0) is 18.0 Å². The second-order valence-corrected chi connectivity index (χ2v) is 10.7. The number of fused-ring (bicyclic) bond motifs is 1. The average Bonchev–Trinajstić information content (AvgIpc) is 3.23. The molecular weight excluding hydrogens is 464 g/mol. The minimum atomic E-state index is 0. The van der Waals surface area contributed by atoms with Crippen molar-refractivity contribution >= 4 is 11.0 Å². The van der Waals surface area contributed by atoms with Crippen LogP contribution in [0.5, 0.6) is 0 Å². The molecular formula is C32H57ClN2O. The molecule has 1 heterocycles. The Morgan fingerprint density at radius 2 is 1.08 bits per heavy atom. The van der Waals surface area contributed by atoms with Crippen LogP contribution in [0.3, 0.4) is 0 Å². The maximum absolute atomic E-state index is 6.07. The van der Waals surface area contributed by atoms with Crippen molar-refractivity contribution in [2.75, 3.05) is 6.61 Å². The highest BCUT2D eigenvalue weighted by Gasteiger charge is 2.14. The molecule has 0 saturated heterocycles. The van der Waals surface area contributed by atoms with Gasteiger partial charge in [-0.1, -0.05) is 135 Å². The normalized spacial score (nSPS) is 11.3. The Kier molecular flexibility index (Phi) is 21.1. The van der Waals surface area contributed by atoms with Crippen molar-refractivity contribution in [3.63, 3.8) is 0 Å². The van der Waals surface area contributed by atoms with Gasteiger partial charge in [-0.3, -0.25) is 0 Å². The van der Waals surface area contributed by atoms with E-state index in [0.29, 0.717) is 6.73 Å². The van der Waals surface area contributed by atoms with Gasteiger partial charge in [0.1, 0.15) is 0 Å². The van der Waals surface area contributed by atoms with Crippen LogP contribution in [0, 0.1) is 0 Å². The van der Waals surface area contributed by atoms with Gasteiger partial charge in [-0.25, -0.2) is 9.13 Å². The molecule has 0 bridgehead atoms. The zero-order valence-corrected chi connectivity index (χ0v) is 24.6. The first-order valence-corrected chi connectivity index (χ1v) is 15.4. The van der Waals surface area contributed by atoms with Gasteiger partial charge in [0.05, 0.1) is 13.2 Å². The van der Waals surface area contributed by atoms with Gasteiger partial charge < -0.3 is 17.1 Å². The zero-order valence-electron chi connectivity index (χ0n) is 23.8. The maximum atomic E-state index is 6.07. The number of benzene rings is 1. The van der Waals surface area contributed by atoms with Crippen molar-refractivity contribution in [1.82, 2.24) is 4.57 Å². The van der Waals surface area contributed by atoms with E-state index in [9.17, 15) is 0 Å². The fourth-order valence-electron chi connectivity index (χ4n) is 5.15. The Balaban J connectivity index is 0.00000648. The second-order valence-electron chi connectivity index (χ2n) is 10.7. The van der Waals surface area contributed by atoms with Crippen LogP contribution >= 0.6 is 0 Å². The first-order chi connectivity index (χ1) is 17.4. The molecule has 1 aromatic carbocycles. The van der Waals surface area contributed by atoms with Crippen molar-refractivity contribution in [1.29, 1.82) is 0 Å². The number of para-hydroxylation sites is 2. The molecule has 2 aromatic rings. The molecule has 0 N–H and O–H groups in total. The molecule has 36 heavy (non-hydrogen) atoms. The molecule has 0 aliphatic heterocycles. The molecule has 2 rings (SSSR count). The lowest BCUT2D eigenvalue weighted by atomic mass is 10.0. The molecule has 0 fully saturated rings. The van der Waals surface area contributed by atoms with E-state index in [0.717, 1.165) is 13.2 Å². The highest BCUT2D eigenvalue weighted by molar-refractivity contribution is 5.71. The lowest BCUT2D eigenvalue weighted by Gasteiger charge is -2.04. The third-order valence-electron chi connectivity index (χ3n) is 7.40. The Hall–Kier alpha value is -1.06. The van der Waals surface area contributed by atoms with Gasteiger partial charge in [0.15, 0.2) is 17.8 Å². The Morgan fingerprint density at radius 3 is 1.64 bits per heavy atom. The second kappa shape index (κ2) is 23.1. The predicted molar refractivity (Wildman–Crippen MR) is 152 cm³/mol. The number of imidazole rings is 1. The van der Waals surface area contributed by atoms with E-state index in [4.69, 9.17) is 4.74 Å². The lowest BCUT2D eigenvalue weighted by Crippen LogP contribution is -3.00. The molecule has 0 amide bonds. The third-order valence-corrected chi connectivity index (χ3v) is 7.40. The molecule has 0 aliphatic rings. The summed E-state index contributed by atoms with van der Waals surface area (Å²) in [6.07, 6.45) is 29.9. The number of nitrogens with zero attached hydrogens (tertiary/aromatic N) is 2. The molecule has 208 valence electrons. The van der Waals surface area contributed by atoms with E-state index in [-0.39, 0.29) is 12.4 Å². The fourth-order valence-corrected chi connectivity index (χ4v) is 5.15. The summed E-state index contributed by atoms with van der Waals surface area (Å²) in [4.78, 5) is 0. The van der Waals surface area contributed by atoms with Gasteiger partial charge in [-0.2, -0.15) is 0 Å². The van der Waals surface area contributed by atoms with Gasteiger partial charge >= 0.3 is 0 Å². The summed E-state index contributed by atoms with van der Waals surface area (Å²) in [6, 6.07) is 8.76. The Bertz CT molecular complexity index is 745. The van der Waals surface area contributed by atoms with Crippen molar-refractivity contribution in [3.05, 3.63) is 30.6 Å². The molecule has 0 atom stereocenters. The Labute approximate surface area is 229 Å². The molecule has 0 saturated carbocycles. The minimum Gasteiger partial charge on any atom is -1.00 e. The number of hydrogen-bond donors (Lipinski definition) is 0. The summed E-state index contributed by atoms with van der Waals surface area (Å²) in [7, 11) is 0. The van der Waals surface area contributed by atoms with Crippen molar-refractivity contribution in [2.24, 2.45) is 0 Å². The topological polar surface area (TPSA) is 18.0 Å². The summed E-state index contributed by atoms with van der Waals surface area (Å²) >= 11 is 0. The van der Waals surface area contributed by atoms with E-state index in [2.05, 4.69) is 53.6 Å². The van der Waals surface area contributed by atoms with Crippen LogP contribution in [0.15, 0.2) is 30.6 Å². The molecule has 0 spiro atoms. The number of ether oxygens (including phenoxy) is 1. The Morgan fingerprint density at radius 1 is 0.611 bits per heavy atom. The van der Waals surface area contributed by atoms with Crippen LogP contribution in [-0.4, -0.2) is 11.2 Å². The number of hydrogen-bond acceptors (Lipinski definition) is 1. The number of unbranched alkanes of at least 4 members (excludes halogenated alkanes) is 18. The third kappa shape index (κ3) is 14.6. The monoisotopic (exact) mass is 520 g/mol. The highest BCUT2D eigenvalue weighted by Crippen LogP contribution is 2.15. The average molecular weight is 521 g/mol. The largest absolute Gasteiger partial charge is 1.00 e. The van der Waals surface area contributed by atoms with Crippen molar-refractivity contribution in [3.8, 4) is 0 Å². The molecule has 4 heteroatoms. The quantitative estimate of drug-likeness (QED) is 0.111. The maximum Gasteiger partial charge on any atom is 0.246 e. The van der Waals surface area contributed by atoms with E-state index < -0.39 is 0 Å². The van der Waals surface area contributed by atoms with E-state index in [1.807, 2.05) is 0 Å². The smallest absolute Gasteiger partial charge is 0.246 e. The molecule has 0 radical (unpaired) electrons. The number of aryl methyl sites for hydroxylation is 1. The molecule has 0 unspecified atom stereocenters. The van der Waals surface area contributed by atoms with Crippen LogP contribution in [0.25, 0.3) is 11.0 Å². The van der Waals surface area contributed by atoms with Gasteiger partial charge in [0.2, 0.25) is 6.33 Å². The summed E-state index contributed by atoms with van der Waals surface area (Å²) in [5, 5.41) is 0. The summed E-state index contributed by atoms with van der Waals surface area (Å²) in [6.45, 7) is 7.24. The van der Waals surface area contributed by atoms with Gasteiger partial charge in [-0.15, -0.1) is 0 Å². The molecule has 3 nitrogen and oxygen atoms in total. The first kappa shape index (κ1) is 33.0. The van der Waals surface area contributed by atoms with E-state index in [1.54, 1.807) is 0 Å². The molecule has 1 aromatic heterocycles. The minimum absolute atomic E-state index is 0. The summed E-state index contributed by atoms with van der Waals surface area (Å²) in [5.41, 5.74) is 2.63. The summed E-state index contributed by atoms with van der Waals surface area (Å²) < 4.78 is 10.8. The summed E-state index contributed by atoms with van der Waals surface area (Å²) in [5.74, 6) is 0. The lowest BCUT2D eigenvalue weighted by molar-refractivity contribution is -0.710. The van der Waals surface area contributed by atoms with Gasteiger partial charge in [0.25, 0.3) is 0 Å². The number of halogens is 1. The SMILES string of the molecule is CCCCCCCCCCCCCCCCOC[n+]1cn(CCCCCCCC)c2ccccc21.[Cl-]. The predicted octanol–water partition coefficient (Wildman–Crippen LogP) is 6.75. The van der Waals surface area contributed by atoms with Gasteiger partial charge in [0, 0.05) is 0 Å². The fraction of sp³-hybridized carbons (Fsp3) is 0.781. The van der Waals surface area contributed by atoms with E-state index >= 15 is 0 Å². The van der Waals surface area contributed by atoms with Crippen LogP contribution in [0.4, 0.5) is 0 Å². The number of aromatic nitrogens is 2. The van der Waals surface area contributed by atoms with Crippen LogP contribution < -0.4 is 17.0 Å². The molecule has 0 aliphatic carbocycles. The first-order valence-electron chi connectivity index (χ1n) is 15.4. The number of rotatable bonds is 24. The standard InChI is InChI=1S/C32H57N2O.ClH/c1-3-5-7-9-11-12-13-14-15-16-17-18-20-24-28-35-30-34-29-33(27-23-19-10-8-6-4-2)31-25-21-22-26-32(31)34;/h21-22,25-26,29H,3-20,23-24,27-28,30H2,1-2H3;1H/q+1;/p-1. The van der Waals surface area contributed by atoms with E-state index in [1.165, 1.54) is 139 Å². The van der Waals surface area contributed by atoms with Crippen LogP contribution in [0.1, 0.15) is 142 Å². The zero-order chi connectivity index (χ0) is 24.8. The van der Waals surface area contributed by atoms with Crippen LogP contribution in [0.2, 0.25) is 0 Å². The van der Waals surface area contributed by atoms with Crippen molar-refractivity contribution < 1.29 is 21.7 Å². The van der Waals surface area contributed by atoms with Gasteiger partial charge in [-0.05, 0) is 31.4 Å². The highest BCUT2D eigenvalue weighted by atomic mass is 35.5. The van der Waals surface area contributed by atoms with Crippen molar-refractivity contribution in [2.45, 2.75) is 156 Å².